The number of anilines is 2. The van der Waals surface area contributed by atoms with E-state index in [0.717, 1.165) is 5.56 Å². The number of halogens is 2. The summed E-state index contributed by atoms with van der Waals surface area (Å²) >= 11 is 12.2. The van der Waals surface area contributed by atoms with Gasteiger partial charge in [-0.15, -0.1) is 0 Å². The molecule has 1 aliphatic rings. The normalized spacial score (nSPS) is 15.4. The molecule has 5 nitrogen and oxygen atoms in total. The number of hydrogen-bond acceptors (Lipinski definition) is 3. The second-order valence-electron chi connectivity index (χ2n) is 6.93. The van der Waals surface area contributed by atoms with Crippen LogP contribution < -0.4 is 15.0 Å². The van der Waals surface area contributed by atoms with Crippen molar-refractivity contribution in [3.8, 4) is 5.75 Å². The third kappa shape index (κ3) is 4.13. The van der Waals surface area contributed by atoms with E-state index in [9.17, 15) is 9.59 Å². The number of nitrogens with one attached hydrogen (secondary N) is 1. The Hall–Kier alpha value is -3.02. The zero-order valence-electron chi connectivity index (χ0n) is 16.1. The highest BCUT2D eigenvalue weighted by molar-refractivity contribution is 6.34. The van der Waals surface area contributed by atoms with Crippen molar-refractivity contribution in [1.29, 1.82) is 0 Å². The number of ether oxygens (including phenoxy) is 1. The molecule has 3 aromatic carbocycles. The molecule has 0 radical (unpaired) electrons. The van der Waals surface area contributed by atoms with Gasteiger partial charge in [-0.25, -0.2) is 0 Å². The Morgan fingerprint density at radius 3 is 2.63 bits per heavy atom. The summed E-state index contributed by atoms with van der Waals surface area (Å²) in [7, 11) is 0. The van der Waals surface area contributed by atoms with Gasteiger partial charge in [0.15, 0.2) is 6.10 Å². The summed E-state index contributed by atoms with van der Waals surface area (Å²) in [5, 5.41) is 3.79. The molecule has 0 aliphatic carbocycles. The minimum absolute atomic E-state index is 0.169. The van der Waals surface area contributed by atoms with Gasteiger partial charge in [-0.2, -0.15) is 0 Å². The Morgan fingerprint density at radius 2 is 1.87 bits per heavy atom. The van der Waals surface area contributed by atoms with Gasteiger partial charge in [0.05, 0.1) is 22.8 Å². The lowest BCUT2D eigenvalue weighted by Gasteiger charge is -2.33. The van der Waals surface area contributed by atoms with Crippen LogP contribution in [0.5, 0.6) is 5.75 Å². The molecule has 2 amide bonds. The summed E-state index contributed by atoms with van der Waals surface area (Å²) < 4.78 is 5.75. The van der Waals surface area contributed by atoms with E-state index in [4.69, 9.17) is 27.9 Å². The van der Waals surface area contributed by atoms with Gasteiger partial charge < -0.3 is 15.0 Å². The molecule has 0 aromatic heterocycles. The SMILES string of the molecule is CC1Oc2ccc(NC(=O)c3ccccc3Cl)cc2N(Cc2cccc(Cl)c2)C1=O. The fourth-order valence-electron chi connectivity index (χ4n) is 3.31. The maximum Gasteiger partial charge on any atom is 0.268 e. The molecule has 0 fully saturated rings. The van der Waals surface area contributed by atoms with Crippen molar-refractivity contribution in [1.82, 2.24) is 0 Å². The average Bonchev–Trinajstić information content (AvgIpc) is 2.72. The van der Waals surface area contributed by atoms with Crippen LogP contribution in [0.4, 0.5) is 11.4 Å². The first kappa shape index (κ1) is 20.3. The molecule has 1 heterocycles. The van der Waals surface area contributed by atoms with Gasteiger partial charge in [0.1, 0.15) is 5.75 Å². The number of carbonyl (C=O) groups is 2. The van der Waals surface area contributed by atoms with E-state index in [2.05, 4.69) is 5.32 Å². The zero-order valence-corrected chi connectivity index (χ0v) is 17.6. The van der Waals surface area contributed by atoms with Gasteiger partial charge in [0.25, 0.3) is 11.8 Å². The van der Waals surface area contributed by atoms with Crippen LogP contribution in [0.15, 0.2) is 66.7 Å². The van der Waals surface area contributed by atoms with Crippen molar-refractivity contribution >= 4 is 46.4 Å². The van der Waals surface area contributed by atoms with E-state index in [-0.39, 0.29) is 11.8 Å². The van der Waals surface area contributed by atoms with Crippen LogP contribution in [0, 0.1) is 0 Å². The number of carbonyl (C=O) groups excluding carboxylic acids is 2. The zero-order chi connectivity index (χ0) is 21.3. The molecule has 0 saturated carbocycles. The summed E-state index contributed by atoms with van der Waals surface area (Å²) in [6, 6.07) is 19.3. The first-order chi connectivity index (χ1) is 14.4. The Bertz CT molecular complexity index is 1130. The molecule has 0 spiro atoms. The van der Waals surface area contributed by atoms with Crippen molar-refractivity contribution < 1.29 is 14.3 Å². The van der Waals surface area contributed by atoms with Crippen LogP contribution in [0.1, 0.15) is 22.8 Å². The van der Waals surface area contributed by atoms with Crippen molar-refractivity contribution in [2.24, 2.45) is 0 Å². The lowest BCUT2D eigenvalue weighted by molar-refractivity contribution is -0.125. The van der Waals surface area contributed by atoms with Crippen LogP contribution in [0.25, 0.3) is 0 Å². The van der Waals surface area contributed by atoms with Crippen molar-refractivity contribution in [2.45, 2.75) is 19.6 Å². The Labute approximate surface area is 184 Å². The summed E-state index contributed by atoms with van der Waals surface area (Å²) in [5.41, 5.74) is 2.37. The first-order valence-corrected chi connectivity index (χ1v) is 10.1. The molecule has 1 atom stereocenters. The van der Waals surface area contributed by atoms with Crippen molar-refractivity contribution in [3.63, 3.8) is 0 Å². The predicted octanol–water partition coefficient (Wildman–Crippen LogP) is 5.56. The van der Waals surface area contributed by atoms with Gasteiger partial charge in [0.2, 0.25) is 0 Å². The van der Waals surface area contributed by atoms with Crippen molar-refractivity contribution in [2.75, 3.05) is 10.2 Å². The first-order valence-electron chi connectivity index (χ1n) is 9.35. The number of rotatable bonds is 4. The van der Waals surface area contributed by atoms with Crippen molar-refractivity contribution in [3.05, 3.63) is 87.9 Å². The third-order valence-corrected chi connectivity index (χ3v) is 5.34. The molecule has 1 N–H and O–H groups in total. The topological polar surface area (TPSA) is 58.6 Å². The number of fused-ring (bicyclic) bond motifs is 1. The number of nitrogens with zero attached hydrogens (tertiary/aromatic N) is 1. The summed E-state index contributed by atoms with van der Waals surface area (Å²) in [5.74, 6) is 0.0651. The van der Waals surface area contributed by atoms with E-state index in [1.165, 1.54) is 0 Å². The van der Waals surface area contributed by atoms with Gasteiger partial charge in [-0.1, -0.05) is 47.5 Å². The number of benzene rings is 3. The van der Waals surface area contributed by atoms with Crippen LogP contribution in [0.3, 0.4) is 0 Å². The lowest BCUT2D eigenvalue weighted by Crippen LogP contribution is -2.44. The van der Waals surface area contributed by atoms with E-state index >= 15 is 0 Å². The fraction of sp³-hybridized carbons (Fsp3) is 0.130. The lowest BCUT2D eigenvalue weighted by atomic mass is 10.1. The predicted molar refractivity (Wildman–Crippen MR) is 119 cm³/mol. The molecule has 1 unspecified atom stereocenters. The van der Waals surface area contributed by atoms with E-state index in [1.807, 2.05) is 18.2 Å². The Morgan fingerprint density at radius 1 is 1.07 bits per heavy atom. The molecular weight excluding hydrogens is 423 g/mol. The molecule has 152 valence electrons. The molecule has 0 bridgehead atoms. The van der Waals surface area contributed by atoms with E-state index in [1.54, 1.807) is 60.4 Å². The molecular formula is C23H18Cl2N2O3. The minimum atomic E-state index is -0.611. The monoisotopic (exact) mass is 440 g/mol. The van der Waals surface area contributed by atoms with Crippen LogP contribution in [0.2, 0.25) is 10.0 Å². The average molecular weight is 441 g/mol. The fourth-order valence-corrected chi connectivity index (χ4v) is 3.74. The largest absolute Gasteiger partial charge is 0.479 e. The van der Waals surface area contributed by atoms with Gasteiger partial charge in [-0.05, 0) is 55.0 Å². The summed E-state index contributed by atoms with van der Waals surface area (Å²) in [6.07, 6.45) is -0.611. The van der Waals surface area contributed by atoms with Crippen LogP contribution in [-0.4, -0.2) is 17.9 Å². The van der Waals surface area contributed by atoms with E-state index in [0.29, 0.717) is 39.3 Å². The van der Waals surface area contributed by atoms with Gasteiger partial charge >= 0.3 is 0 Å². The molecule has 0 saturated heterocycles. The van der Waals surface area contributed by atoms with E-state index < -0.39 is 6.10 Å². The summed E-state index contributed by atoms with van der Waals surface area (Å²) in [6.45, 7) is 2.05. The molecule has 7 heteroatoms. The maximum absolute atomic E-state index is 12.8. The highest BCUT2D eigenvalue weighted by atomic mass is 35.5. The Balaban J connectivity index is 1.65. The second kappa shape index (κ2) is 8.38. The molecule has 3 aromatic rings. The quantitative estimate of drug-likeness (QED) is 0.577. The second-order valence-corrected chi connectivity index (χ2v) is 7.77. The maximum atomic E-state index is 12.8. The Kier molecular flexibility index (Phi) is 5.66. The minimum Gasteiger partial charge on any atom is -0.479 e. The molecule has 1 aliphatic heterocycles. The van der Waals surface area contributed by atoms with Crippen LogP contribution in [-0.2, 0) is 11.3 Å². The van der Waals surface area contributed by atoms with Gasteiger partial charge in [0, 0.05) is 10.7 Å². The summed E-state index contributed by atoms with van der Waals surface area (Å²) in [4.78, 5) is 27.1. The highest BCUT2D eigenvalue weighted by Gasteiger charge is 2.32. The molecule has 30 heavy (non-hydrogen) atoms. The van der Waals surface area contributed by atoms with Gasteiger partial charge in [-0.3, -0.25) is 9.59 Å². The van der Waals surface area contributed by atoms with Crippen LogP contribution >= 0.6 is 23.2 Å². The number of hydrogen-bond donors (Lipinski definition) is 1. The molecule has 4 rings (SSSR count). The highest BCUT2D eigenvalue weighted by Crippen LogP contribution is 2.37. The third-order valence-electron chi connectivity index (χ3n) is 4.77. The number of amides is 2. The smallest absolute Gasteiger partial charge is 0.268 e. The standard InChI is InChI=1S/C23H18Cl2N2O3/c1-14-23(29)27(13-15-5-4-6-16(24)11-15)20-12-17(9-10-21(20)30-14)26-22(28)18-7-2-3-8-19(18)25/h2-12,14H,13H2,1H3,(H,26,28).